The average molecular weight is 397 g/mol. The number of nitrogens with zero attached hydrogens (tertiary/aromatic N) is 3. The molecule has 0 spiro atoms. The summed E-state index contributed by atoms with van der Waals surface area (Å²) in [7, 11) is 1.62. The van der Waals surface area contributed by atoms with Crippen LogP contribution in [0, 0.1) is 0 Å². The van der Waals surface area contributed by atoms with Crippen molar-refractivity contribution in [3.05, 3.63) is 69.6 Å². The second kappa shape index (κ2) is 6.18. The molecule has 0 atom stereocenters. The second-order valence-corrected chi connectivity index (χ2v) is 6.36. The van der Waals surface area contributed by atoms with E-state index in [9.17, 15) is 4.79 Å². The molecule has 0 fully saturated rings. The van der Waals surface area contributed by atoms with E-state index >= 15 is 0 Å². The third-order valence-corrected chi connectivity index (χ3v) is 4.44. The van der Waals surface area contributed by atoms with Gasteiger partial charge >= 0.3 is 0 Å². The molecule has 0 bridgehead atoms. The highest BCUT2D eigenvalue weighted by Crippen LogP contribution is 2.26. The standard InChI is InChI=1S/C18H13BrN4O2/c1-25-14-8-6-13(7-9-14)23-10-15-16(11-2-4-12(19)5-3-11)20-21-18(24)17(15)22-23/h2-10H,1H3,(H,21,24). The molecule has 0 saturated carbocycles. The molecular formula is C18H13BrN4O2. The highest BCUT2D eigenvalue weighted by molar-refractivity contribution is 9.10. The Labute approximate surface area is 151 Å². The summed E-state index contributed by atoms with van der Waals surface area (Å²) in [5.74, 6) is 0.760. The van der Waals surface area contributed by atoms with E-state index in [0.29, 0.717) is 16.6 Å². The van der Waals surface area contributed by atoms with Crippen LogP contribution in [0.15, 0.2) is 64.0 Å². The normalized spacial score (nSPS) is 11.0. The van der Waals surface area contributed by atoms with Crippen LogP contribution in [0.5, 0.6) is 5.75 Å². The Morgan fingerprint density at radius 1 is 1.08 bits per heavy atom. The summed E-state index contributed by atoms with van der Waals surface area (Å²) in [6, 6.07) is 15.2. The Kier molecular flexibility index (Phi) is 3.85. The number of hydrogen-bond acceptors (Lipinski definition) is 4. The monoisotopic (exact) mass is 396 g/mol. The number of aromatic nitrogens is 4. The van der Waals surface area contributed by atoms with E-state index in [4.69, 9.17) is 4.74 Å². The first-order valence-electron chi connectivity index (χ1n) is 7.54. The molecule has 2 aromatic heterocycles. The molecule has 0 radical (unpaired) electrons. The van der Waals surface area contributed by atoms with E-state index in [1.165, 1.54) is 0 Å². The maximum absolute atomic E-state index is 12.1. The predicted molar refractivity (Wildman–Crippen MR) is 99.2 cm³/mol. The Morgan fingerprint density at radius 3 is 2.48 bits per heavy atom. The largest absolute Gasteiger partial charge is 0.497 e. The van der Waals surface area contributed by atoms with Gasteiger partial charge in [0.2, 0.25) is 0 Å². The number of fused-ring (bicyclic) bond motifs is 1. The fourth-order valence-corrected chi connectivity index (χ4v) is 2.89. The molecule has 124 valence electrons. The summed E-state index contributed by atoms with van der Waals surface area (Å²) in [6.45, 7) is 0. The van der Waals surface area contributed by atoms with E-state index < -0.39 is 0 Å². The molecule has 6 nitrogen and oxygen atoms in total. The van der Waals surface area contributed by atoms with Crippen LogP contribution in [0.25, 0.3) is 27.8 Å². The van der Waals surface area contributed by atoms with Crippen LogP contribution in [-0.2, 0) is 0 Å². The summed E-state index contributed by atoms with van der Waals surface area (Å²) in [5, 5.41) is 11.9. The molecule has 2 aromatic carbocycles. The first-order valence-corrected chi connectivity index (χ1v) is 8.33. The van der Waals surface area contributed by atoms with Crippen molar-refractivity contribution in [2.24, 2.45) is 0 Å². The van der Waals surface area contributed by atoms with Gasteiger partial charge < -0.3 is 4.74 Å². The number of benzene rings is 2. The average Bonchev–Trinajstić information content (AvgIpc) is 3.09. The number of methoxy groups -OCH3 is 1. The zero-order chi connectivity index (χ0) is 17.4. The van der Waals surface area contributed by atoms with Gasteiger partial charge in [0, 0.05) is 16.2 Å². The molecule has 0 aliphatic heterocycles. The van der Waals surface area contributed by atoms with Crippen molar-refractivity contribution in [1.29, 1.82) is 0 Å². The Balaban J connectivity index is 1.89. The van der Waals surface area contributed by atoms with Crippen LogP contribution >= 0.6 is 15.9 Å². The summed E-state index contributed by atoms with van der Waals surface area (Å²) in [4.78, 5) is 12.1. The van der Waals surface area contributed by atoms with Crippen LogP contribution in [0.1, 0.15) is 0 Å². The lowest BCUT2D eigenvalue weighted by Gasteiger charge is -2.02. The van der Waals surface area contributed by atoms with Crippen LogP contribution in [0.3, 0.4) is 0 Å². The zero-order valence-electron chi connectivity index (χ0n) is 13.2. The van der Waals surface area contributed by atoms with Crippen molar-refractivity contribution < 1.29 is 4.74 Å². The maximum atomic E-state index is 12.1. The van der Waals surface area contributed by atoms with Gasteiger partial charge in [0.15, 0.2) is 5.52 Å². The Hall–Kier alpha value is -2.93. The van der Waals surface area contributed by atoms with E-state index in [1.54, 1.807) is 11.8 Å². The lowest BCUT2D eigenvalue weighted by Crippen LogP contribution is -2.09. The zero-order valence-corrected chi connectivity index (χ0v) is 14.8. The molecule has 1 N–H and O–H groups in total. The highest BCUT2D eigenvalue weighted by Gasteiger charge is 2.13. The predicted octanol–water partition coefficient (Wildman–Crippen LogP) is 3.55. The van der Waals surface area contributed by atoms with Crippen molar-refractivity contribution in [2.75, 3.05) is 7.11 Å². The highest BCUT2D eigenvalue weighted by atomic mass is 79.9. The number of rotatable bonds is 3. The maximum Gasteiger partial charge on any atom is 0.292 e. The van der Waals surface area contributed by atoms with E-state index in [1.807, 2.05) is 54.7 Å². The fourth-order valence-electron chi connectivity index (χ4n) is 2.63. The number of H-pyrrole nitrogens is 1. The quantitative estimate of drug-likeness (QED) is 0.574. The smallest absolute Gasteiger partial charge is 0.292 e. The third kappa shape index (κ3) is 2.83. The molecule has 2 heterocycles. The minimum absolute atomic E-state index is 0.317. The second-order valence-electron chi connectivity index (χ2n) is 5.44. The number of nitrogens with one attached hydrogen (secondary N) is 1. The van der Waals surface area contributed by atoms with E-state index in [2.05, 4.69) is 31.2 Å². The van der Waals surface area contributed by atoms with Crippen LogP contribution < -0.4 is 10.3 Å². The number of hydrogen-bond donors (Lipinski definition) is 1. The topological polar surface area (TPSA) is 72.8 Å². The third-order valence-electron chi connectivity index (χ3n) is 3.91. The van der Waals surface area contributed by atoms with Crippen molar-refractivity contribution in [2.45, 2.75) is 0 Å². The van der Waals surface area contributed by atoms with Gasteiger partial charge in [-0.1, -0.05) is 28.1 Å². The first kappa shape index (κ1) is 15.6. The van der Waals surface area contributed by atoms with Gasteiger partial charge in [0.05, 0.1) is 18.2 Å². The summed E-state index contributed by atoms with van der Waals surface area (Å²) >= 11 is 3.42. The Morgan fingerprint density at radius 2 is 1.80 bits per heavy atom. The molecule has 4 rings (SSSR count). The molecule has 4 aromatic rings. The van der Waals surface area contributed by atoms with Gasteiger partial charge in [0.1, 0.15) is 11.4 Å². The van der Waals surface area contributed by atoms with Gasteiger partial charge in [-0.2, -0.15) is 10.2 Å². The number of halogens is 1. The SMILES string of the molecule is COc1ccc(-n2cc3c(-c4ccc(Br)cc4)n[nH]c(=O)c3n2)cc1. The van der Waals surface area contributed by atoms with Crippen LogP contribution in [0.4, 0.5) is 0 Å². The minimum Gasteiger partial charge on any atom is -0.497 e. The molecule has 7 heteroatoms. The summed E-state index contributed by atoms with van der Waals surface area (Å²) < 4.78 is 7.82. The first-order chi connectivity index (χ1) is 12.2. The van der Waals surface area contributed by atoms with Crippen molar-refractivity contribution in [1.82, 2.24) is 20.0 Å². The van der Waals surface area contributed by atoms with Gasteiger partial charge in [-0.25, -0.2) is 9.78 Å². The van der Waals surface area contributed by atoms with Crippen molar-refractivity contribution in [3.8, 4) is 22.7 Å². The summed E-state index contributed by atoms with van der Waals surface area (Å²) in [5.41, 5.74) is 2.45. The lowest BCUT2D eigenvalue weighted by molar-refractivity contribution is 0.414. The summed E-state index contributed by atoms with van der Waals surface area (Å²) in [6.07, 6.45) is 1.82. The van der Waals surface area contributed by atoms with Gasteiger partial charge in [-0.15, -0.1) is 0 Å². The number of ether oxygens (including phenoxy) is 1. The van der Waals surface area contributed by atoms with Crippen molar-refractivity contribution in [3.63, 3.8) is 0 Å². The van der Waals surface area contributed by atoms with Gasteiger partial charge in [-0.05, 0) is 36.4 Å². The molecular weight excluding hydrogens is 384 g/mol. The Bertz CT molecular complexity index is 1100. The number of aromatic amines is 1. The van der Waals surface area contributed by atoms with Crippen LogP contribution in [0.2, 0.25) is 0 Å². The lowest BCUT2D eigenvalue weighted by atomic mass is 10.1. The molecule has 0 aliphatic rings. The van der Waals surface area contributed by atoms with E-state index in [0.717, 1.165) is 21.5 Å². The molecule has 0 unspecified atom stereocenters. The molecule has 25 heavy (non-hydrogen) atoms. The van der Waals surface area contributed by atoms with Gasteiger partial charge in [-0.3, -0.25) is 4.79 Å². The fraction of sp³-hybridized carbons (Fsp3) is 0.0556. The molecule has 0 amide bonds. The molecule has 0 saturated heterocycles. The van der Waals surface area contributed by atoms with E-state index in [-0.39, 0.29) is 5.56 Å². The minimum atomic E-state index is -0.317. The van der Waals surface area contributed by atoms with Gasteiger partial charge in [0.25, 0.3) is 5.56 Å². The van der Waals surface area contributed by atoms with Crippen LogP contribution in [-0.4, -0.2) is 27.1 Å². The van der Waals surface area contributed by atoms with Crippen molar-refractivity contribution >= 4 is 26.8 Å². The molecule has 0 aliphatic carbocycles.